The number of benzene rings is 1. The van der Waals surface area contributed by atoms with Gasteiger partial charge in [-0.25, -0.2) is 0 Å². The number of hydrogen-bond donors (Lipinski definition) is 1. The Morgan fingerprint density at radius 2 is 1.90 bits per heavy atom. The number of nitrogens with zero attached hydrogens (tertiary/aromatic N) is 3. The lowest BCUT2D eigenvalue weighted by atomic mass is 9.48. The number of carbonyl (C=O) groups excluding carboxylic acids is 1. The third-order valence-corrected chi connectivity index (χ3v) is 8.52. The van der Waals surface area contributed by atoms with E-state index in [1.807, 2.05) is 28.8 Å². The van der Waals surface area contributed by atoms with Crippen molar-refractivity contribution in [3.8, 4) is 11.4 Å². The van der Waals surface area contributed by atoms with Crippen LogP contribution in [0.3, 0.4) is 0 Å². The molecule has 1 amide bonds. The highest BCUT2D eigenvalue weighted by molar-refractivity contribution is 7.99. The Hall–Kier alpha value is -2.02. The molecule has 1 unspecified atom stereocenters. The van der Waals surface area contributed by atoms with Gasteiger partial charge in [0.2, 0.25) is 5.91 Å². The molecule has 160 valence electrons. The topological polar surface area (TPSA) is 69.0 Å². The second-order valence-electron chi connectivity index (χ2n) is 9.51. The molecular weight excluding hydrogens is 396 g/mol. The summed E-state index contributed by atoms with van der Waals surface area (Å²) < 4.78 is 7.33. The molecule has 30 heavy (non-hydrogen) atoms. The Morgan fingerprint density at radius 3 is 2.57 bits per heavy atom. The Bertz CT molecular complexity index is 892. The second-order valence-corrected chi connectivity index (χ2v) is 10.5. The van der Waals surface area contributed by atoms with Gasteiger partial charge in [-0.05, 0) is 80.8 Å². The Labute approximate surface area is 182 Å². The largest absolute Gasteiger partial charge is 0.495 e. The van der Waals surface area contributed by atoms with Crippen LogP contribution in [-0.4, -0.2) is 39.6 Å². The fourth-order valence-corrected chi connectivity index (χ4v) is 7.32. The van der Waals surface area contributed by atoms with Gasteiger partial charge in [0.05, 0.1) is 18.6 Å². The average Bonchev–Trinajstić information content (AvgIpc) is 3.19. The van der Waals surface area contributed by atoms with Crippen molar-refractivity contribution in [2.45, 2.75) is 56.6 Å². The van der Waals surface area contributed by atoms with Crippen molar-refractivity contribution in [2.75, 3.05) is 12.9 Å². The minimum Gasteiger partial charge on any atom is -0.495 e. The van der Waals surface area contributed by atoms with Crippen molar-refractivity contribution < 1.29 is 9.53 Å². The number of carbonyl (C=O) groups is 1. The zero-order chi connectivity index (χ0) is 20.7. The van der Waals surface area contributed by atoms with Crippen molar-refractivity contribution in [1.82, 2.24) is 20.1 Å². The molecule has 4 saturated carbocycles. The smallest absolute Gasteiger partial charge is 0.230 e. The summed E-state index contributed by atoms with van der Waals surface area (Å²) in [7, 11) is 1.65. The van der Waals surface area contributed by atoms with Crippen molar-refractivity contribution in [1.29, 1.82) is 0 Å². The second kappa shape index (κ2) is 7.91. The van der Waals surface area contributed by atoms with Crippen LogP contribution in [0.25, 0.3) is 5.69 Å². The van der Waals surface area contributed by atoms with Crippen LogP contribution in [0.15, 0.2) is 35.7 Å². The van der Waals surface area contributed by atoms with Crippen LogP contribution in [0.2, 0.25) is 0 Å². The average molecular weight is 427 g/mol. The number of ether oxygens (including phenoxy) is 1. The molecule has 4 aliphatic rings. The molecule has 0 aliphatic heterocycles. The summed E-state index contributed by atoms with van der Waals surface area (Å²) in [6, 6.07) is 7.99. The first kappa shape index (κ1) is 19.9. The fraction of sp³-hybridized carbons (Fsp3) is 0.609. The van der Waals surface area contributed by atoms with Gasteiger partial charge >= 0.3 is 0 Å². The van der Waals surface area contributed by atoms with Gasteiger partial charge in [-0.15, -0.1) is 10.2 Å². The number of nitrogens with one attached hydrogen (secondary N) is 1. The van der Waals surface area contributed by atoms with Gasteiger partial charge in [0.25, 0.3) is 0 Å². The first-order chi connectivity index (χ1) is 14.6. The first-order valence-corrected chi connectivity index (χ1v) is 12.0. The van der Waals surface area contributed by atoms with Crippen LogP contribution in [0.5, 0.6) is 5.75 Å². The van der Waals surface area contributed by atoms with E-state index in [9.17, 15) is 4.79 Å². The lowest BCUT2D eigenvalue weighted by Gasteiger charge is -2.59. The first-order valence-electron chi connectivity index (χ1n) is 11.0. The third kappa shape index (κ3) is 3.61. The van der Waals surface area contributed by atoms with Gasteiger partial charge in [-0.1, -0.05) is 23.9 Å². The van der Waals surface area contributed by atoms with E-state index < -0.39 is 0 Å². The van der Waals surface area contributed by atoms with Gasteiger partial charge in [0, 0.05) is 6.04 Å². The summed E-state index contributed by atoms with van der Waals surface area (Å²) in [6.45, 7) is 2.23. The van der Waals surface area contributed by atoms with Crippen LogP contribution in [0.4, 0.5) is 0 Å². The minimum absolute atomic E-state index is 0.0813. The summed E-state index contributed by atoms with van der Waals surface area (Å²) in [6.07, 6.45) is 9.84. The molecule has 4 bridgehead atoms. The standard InChI is InChI=1S/C23H30N4O2S/c1-15(23-10-16-7-17(11-23)9-18(8-16)12-23)25-21(28)13-30-22-26-24-14-27(22)19-5-3-4-6-20(19)29-2/h3-6,14-18H,7-13H2,1-2H3,(H,25,28). The third-order valence-electron chi connectivity index (χ3n) is 7.58. The van der Waals surface area contributed by atoms with E-state index in [0.29, 0.717) is 16.3 Å². The van der Waals surface area contributed by atoms with Crippen LogP contribution >= 0.6 is 11.8 Å². The summed E-state index contributed by atoms with van der Waals surface area (Å²) in [5, 5.41) is 12.3. The number of hydrogen-bond acceptors (Lipinski definition) is 5. The molecule has 0 saturated heterocycles. The van der Waals surface area contributed by atoms with Gasteiger partial charge < -0.3 is 10.1 Å². The summed E-state index contributed by atoms with van der Waals surface area (Å²) in [4.78, 5) is 12.8. The number of methoxy groups -OCH3 is 1. The van der Waals surface area contributed by atoms with Crippen LogP contribution in [-0.2, 0) is 4.79 Å². The molecule has 4 aliphatic carbocycles. The van der Waals surface area contributed by atoms with Gasteiger partial charge in [0.15, 0.2) is 5.16 Å². The predicted octanol–water partition coefficient (Wildman–Crippen LogP) is 4.09. The zero-order valence-corrected chi connectivity index (χ0v) is 18.5. The molecular formula is C23H30N4O2S. The quantitative estimate of drug-likeness (QED) is 0.676. The molecule has 0 spiro atoms. The summed E-state index contributed by atoms with van der Waals surface area (Å²) >= 11 is 1.42. The van der Waals surface area contributed by atoms with Crippen LogP contribution in [0, 0.1) is 23.2 Å². The molecule has 1 N–H and O–H groups in total. The van der Waals surface area contributed by atoms with E-state index in [-0.39, 0.29) is 11.9 Å². The zero-order valence-electron chi connectivity index (χ0n) is 17.7. The van der Waals surface area contributed by atoms with E-state index in [2.05, 4.69) is 22.4 Å². The Balaban J connectivity index is 1.22. The number of para-hydroxylation sites is 2. The van der Waals surface area contributed by atoms with Crippen molar-refractivity contribution in [2.24, 2.45) is 23.2 Å². The van der Waals surface area contributed by atoms with E-state index in [1.165, 1.54) is 50.3 Å². The Kier molecular flexibility index (Phi) is 5.25. The van der Waals surface area contributed by atoms with E-state index in [0.717, 1.165) is 29.2 Å². The van der Waals surface area contributed by atoms with E-state index in [4.69, 9.17) is 4.74 Å². The fourth-order valence-electron chi connectivity index (χ4n) is 6.59. The minimum atomic E-state index is 0.0813. The lowest BCUT2D eigenvalue weighted by Crippen LogP contribution is -2.56. The van der Waals surface area contributed by atoms with Crippen LogP contribution < -0.4 is 10.1 Å². The highest BCUT2D eigenvalue weighted by Crippen LogP contribution is 2.61. The summed E-state index contributed by atoms with van der Waals surface area (Å²) in [5.74, 6) is 3.85. The van der Waals surface area contributed by atoms with Gasteiger partial charge in [-0.3, -0.25) is 9.36 Å². The number of thioether (sulfide) groups is 1. The molecule has 1 heterocycles. The number of amides is 1. The molecule has 1 aromatic heterocycles. The van der Waals surface area contributed by atoms with E-state index >= 15 is 0 Å². The highest BCUT2D eigenvalue weighted by atomic mass is 32.2. The highest BCUT2D eigenvalue weighted by Gasteiger charge is 2.53. The summed E-state index contributed by atoms with van der Waals surface area (Å²) in [5.41, 5.74) is 1.20. The maximum atomic E-state index is 12.8. The van der Waals surface area contributed by atoms with Crippen molar-refractivity contribution in [3.63, 3.8) is 0 Å². The molecule has 7 heteroatoms. The molecule has 4 fully saturated rings. The van der Waals surface area contributed by atoms with E-state index in [1.54, 1.807) is 13.4 Å². The molecule has 0 radical (unpaired) electrons. The van der Waals surface area contributed by atoms with Gasteiger partial charge in [0.1, 0.15) is 12.1 Å². The SMILES string of the molecule is COc1ccccc1-n1cnnc1SCC(=O)NC(C)C12CC3CC(CC(C3)C1)C2. The maximum Gasteiger partial charge on any atom is 0.230 e. The number of aromatic nitrogens is 3. The molecule has 1 aromatic carbocycles. The number of rotatable bonds is 7. The van der Waals surface area contributed by atoms with Crippen LogP contribution in [0.1, 0.15) is 45.4 Å². The normalized spacial score (nSPS) is 30.3. The molecule has 1 atom stereocenters. The lowest BCUT2D eigenvalue weighted by molar-refractivity contribution is -0.123. The Morgan fingerprint density at radius 1 is 1.23 bits per heavy atom. The molecule has 6 nitrogen and oxygen atoms in total. The van der Waals surface area contributed by atoms with Crippen molar-refractivity contribution in [3.05, 3.63) is 30.6 Å². The molecule has 6 rings (SSSR count). The van der Waals surface area contributed by atoms with Crippen molar-refractivity contribution >= 4 is 17.7 Å². The van der Waals surface area contributed by atoms with Gasteiger partial charge in [-0.2, -0.15) is 0 Å². The maximum absolute atomic E-state index is 12.8. The molecule has 2 aromatic rings. The monoisotopic (exact) mass is 426 g/mol. The predicted molar refractivity (Wildman–Crippen MR) is 117 cm³/mol.